The monoisotopic (exact) mass is 373 g/mol. The smallest absolute Gasteiger partial charge is 0.293 e. The fraction of sp³-hybridized carbons (Fsp3) is 0.526. The van der Waals surface area contributed by atoms with E-state index < -0.39 is 0 Å². The van der Waals surface area contributed by atoms with Crippen molar-refractivity contribution in [2.75, 3.05) is 11.9 Å². The van der Waals surface area contributed by atoms with Crippen LogP contribution in [-0.4, -0.2) is 34.3 Å². The number of carbonyl (C=O) groups excluding carboxylic acids is 2. The van der Waals surface area contributed by atoms with Crippen molar-refractivity contribution in [3.8, 4) is 0 Å². The summed E-state index contributed by atoms with van der Waals surface area (Å²) in [5.41, 5.74) is 0.715. The Morgan fingerprint density at radius 3 is 2.96 bits per heavy atom. The molecule has 26 heavy (non-hydrogen) atoms. The summed E-state index contributed by atoms with van der Waals surface area (Å²) in [4.78, 5) is 31.3. The highest BCUT2D eigenvalue weighted by Gasteiger charge is 2.35. The molecular weight excluding hydrogens is 350 g/mol. The summed E-state index contributed by atoms with van der Waals surface area (Å²) in [6.45, 7) is 0.867. The molecule has 2 amide bonds. The molecule has 1 aliphatic heterocycles. The van der Waals surface area contributed by atoms with Gasteiger partial charge >= 0.3 is 0 Å². The van der Waals surface area contributed by atoms with Crippen LogP contribution in [0.4, 0.5) is 5.13 Å². The van der Waals surface area contributed by atoms with Crippen LogP contribution in [0.25, 0.3) is 0 Å². The van der Waals surface area contributed by atoms with E-state index >= 15 is 0 Å². The quantitative estimate of drug-likeness (QED) is 0.886. The molecule has 0 radical (unpaired) electrons. The van der Waals surface area contributed by atoms with Crippen LogP contribution in [0.3, 0.4) is 0 Å². The Labute approximate surface area is 156 Å². The van der Waals surface area contributed by atoms with Gasteiger partial charge in [-0.3, -0.25) is 14.9 Å². The lowest BCUT2D eigenvalue weighted by atomic mass is 9.78. The zero-order valence-corrected chi connectivity index (χ0v) is 15.5. The van der Waals surface area contributed by atoms with E-state index in [9.17, 15) is 9.59 Å². The summed E-state index contributed by atoms with van der Waals surface area (Å²) < 4.78 is 5.07. The molecule has 1 saturated carbocycles. The van der Waals surface area contributed by atoms with Gasteiger partial charge < -0.3 is 9.32 Å². The first-order valence-corrected chi connectivity index (χ1v) is 10.2. The number of furan rings is 1. The summed E-state index contributed by atoms with van der Waals surface area (Å²) in [6, 6.07) is 3.68. The van der Waals surface area contributed by atoms with Gasteiger partial charge in [-0.05, 0) is 43.7 Å². The minimum Gasteiger partial charge on any atom is -0.459 e. The number of nitrogens with one attached hydrogen (secondary N) is 1. The second-order valence-electron chi connectivity index (χ2n) is 7.09. The van der Waals surface area contributed by atoms with E-state index in [1.54, 1.807) is 12.1 Å². The standard InChI is InChI=1S/C19H23N3O3S/c23-17(22-9-3-6-13-5-1-2-7-15(13)22)11-14-12-26-19(20-14)21-18(24)16-8-4-10-25-16/h4,8,10,12-13,15H,1-3,5-7,9,11H2,(H,20,21,24). The first-order valence-electron chi connectivity index (χ1n) is 9.29. The zero-order valence-electron chi connectivity index (χ0n) is 14.6. The van der Waals surface area contributed by atoms with Gasteiger partial charge in [-0.15, -0.1) is 11.3 Å². The number of piperidine rings is 1. The Morgan fingerprint density at radius 2 is 2.12 bits per heavy atom. The van der Waals surface area contributed by atoms with Crippen molar-refractivity contribution in [2.45, 2.75) is 51.0 Å². The van der Waals surface area contributed by atoms with Crippen molar-refractivity contribution in [2.24, 2.45) is 5.92 Å². The molecule has 1 saturated heterocycles. The number of fused-ring (bicyclic) bond motifs is 1. The average molecular weight is 373 g/mol. The van der Waals surface area contributed by atoms with Crippen LogP contribution >= 0.6 is 11.3 Å². The average Bonchev–Trinajstić information content (AvgIpc) is 3.33. The number of likely N-dealkylation sites (tertiary alicyclic amines) is 1. The number of hydrogen-bond donors (Lipinski definition) is 1. The molecule has 138 valence electrons. The van der Waals surface area contributed by atoms with E-state index in [0.717, 1.165) is 19.4 Å². The highest BCUT2D eigenvalue weighted by atomic mass is 32.1. The molecule has 7 heteroatoms. The van der Waals surface area contributed by atoms with Crippen molar-refractivity contribution in [1.82, 2.24) is 9.88 Å². The van der Waals surface area contributed by atoms with Crippen LogP contribution in [-0.2, 0) is 11.2 Å². The second-order valence-corrected chi connectivity index (χ2v) is 7.95. The van der Waals surface area contributed by atoms with Gasteiger partial charge in [0.15, 0.2) is 10.9 Å². The second kappa shape index (κ2) is 7.61. The number of nitrogens with zero attached hydrogens (tertiary/aromatic N) is 2. The first kappa shape index (κ1) is 17.3. The summed E-state index contributed by atoms with van der Waals surface area (Å²) in [5.74, 6) is 0.758. The summed E-state index contributed by atoms with van der Waals surface area (Å²) in [6.07, 6.45) is 9.04. The largest absolute Gasteiger partial charge is 0.459 e. The molecule has 2 aliphatic rings. The molecule has 6 nitrogen and oxygen atoms in total. The summed E-state index contributed by atoms with van der Waals surface area (Å²) in [7, 11) is 0. The van der Waals surface area contributed by atoms with E-state index in [2.05, 4.69) is 15.2 Å². The van der Waals surface area contributed by atoms with E-state index in [0.29, 0.717) is 29.2 Å². The van der Waals surface area contributed by atoms with Crippen LogP contribution in [0.15, 0.2) is 28.2 Å². The minimum atomic E-state index is -0.330. The number of carbonyl (C=O) groups is 2. The Morgan fingerprint density at radius 1 is 1.27 bits per heavy atom. The molecule has 2 fully saturated rings. The van der Waals surface area contributed by atoms with Crippen molar-refractivity contribution in [3.63, 3.8) is 0 Å². The van der Waals surface area contributed by atoms with E-state index in [1.165, 1.54) is 43.3 Å². The Bertz CT molecular complexity index is 769. The van der Waals surface area contributed by atoms with Crippen molar-refractivity contribution < 1.29 is 14.0 Å². The number of hydrogen-bond acceptors (Lipinski definition) is 5. The number of amides is 2. The number of anilines is 1. The Kier molecular flexibility index (Phi) is 5.06. The third kappa shape index (κ3) is 3.67. The van der Waals surface area contributed by atoms with Gasteiger partial charge in [-0.2, -0.15) is 0 Å². The topological polar surface area (TPSA) is 75.4 Å². The highest BCUT2D eigenvalue weighted by Crippen LogP contribution is 2.35. The van der Waals surface area contributed by atoms with Gasteiger partial charge in [0.1, 0.15) is 0 Å². The number of thiazole rings is 1. The maximum absolute atomic E-state index is 12.8. The van der Waals surface area contributed by atoms with Crippen LogP contribution in [0.5, 0.6) is 0 Å². The Hall–Kier alpha value is -2.15. The lowest BCUT2D eigenvalue weighted by Gasteiger charge is -2.44. The molecule has 0 bridgehead atoms. The molecule has 1 N–H and O–H groups in total. The molecule has 2 aromatic heterocycles. The van der Waals surface area contributed by atoms with E-state index in [-0.39, 0.29) is 17.6 Å². The fourth-order valence-electron chi connectivity index (χ4n) is 4.20. The van der Waals surface area contributed by atoms with Crippen molar-refractivity contribution in [3.05, 3.63) is 35.2 Å². The number of rotatable bonds is 4. The van der Waals surface area contributed by atoms with Gasteiger partial charge in [0.2, 0.25) is 5.91 Å². The summed E-state index contributed by atoms with van der Waals surface area (Å²) >= 11 is 1.33. The van der Waals surface area contributed by atoms with Gasteiger partial charge in [-0.1, -0.05) is 12.8 Å². The van der Waals surface area contributed by atoms with Gasteiger partial charge in [0, 0.05) is 18.0 Å². The van der Waals surface area contributed by atoms with Crippen LogP contribution < -0.4 is 5.32 Å². The first-order chi connectivity index (χ1) is 12.7. The normalized spacial score (nSPS) is 22.7. The van der Waals surface area contributed by atoms with Crippen LogP contribution in [0, 0.1) is 5.92 Å². The summed E-state index contributed by atoms with van der Waals surface area (Å²) in [5, 5.41) is 5.05. The van der Waals surface area contributed by atoms with Crippen molar-refractivity contribution in [1.29, 1.82) is 0 Å². The number of aromatic nitrogens is 1. The predicted octanol–water partition coefficient (Wildman–Crippen LogP) is 3.71. The SMILES string of the molecule is O=C(Nc1nc(CC(=O)N2CCCC3CCCCC32)cs1)c1ccco1. The molecule has 4 rings (SSSR count). The molecule has 2 unspecified atom stereocenters. The maximum atomic E-state index is 12.8. The zero-order chi connectivity index (χ0) is 17.9. The third-order valence-electron chi connectivity index (χ3n) is 5.41. The molecule has 1 aliphatic carbocycles. The van der Waals surface area contributed by atoms with Crippen LogP contribution in [0.1, 0.15) is 54.8 Å². The van der Waals surface area contributed by atoms with Gasteiger partial charge in [-0.25, -0.2) is 4.98 Å². The predicted molar refractivity (Wildman–Crippen MR) is 99.2 cm³/mol. The molecule has 3 heterocycles. The fourth-order valence-corrected chi connectivity index (χ4v) is 4.91. The maximum Gasteiger partial charge on any atom is 0.293 e. The van der Waals surface area contributed by atoms with E-state index in [4.69, 9.17) is 4.42 Å². The van der Waals surface area contributed by atoms with Crippen molar-refractivity contribution >= 4 is 28.3 Å². The van der Waals surface area contributed by atoms with E-state index in [1.807, 2.05) is 5.38 Å². The Balaban J connectivity index is 1.37. The minimum absolute atomic E-state index is 0.163. The van der Waals surface area contributed by atoms with Crippen LogP contribution in [0.2, 0.25) is 0 Å². The molecule has 2 atom stereocenters. The molecule has 0 aromatic carbocycles. The highest BCUT2D eigenvalue weighted by molar-refractivity contribution is 7.14. The van der Waals surface area contributed by atoms with Gasteiger partial charge in [0.05, 0.1) is 18.4 Å². The lowest BCUT2D eigenvalue weighted by Crippen LogP contribution is -2.50. The molecule has 2 aromatic rings. The molecule has 0 spiro atoms. The third-order valence-corrected chi connectivity index (χ3v) is 6.22. The lowest BCUT2D eigenvalue weighted by molar-refractivity contribution is -0.136. The van der Waals surface area contributed by atoms with Gasteiger partial charge in [0.25, 0.3) is 5.91 Å². The molecular formula is C19H23N3O3S.